The maximum atomic E-state index is 14.5. The van der Waals surface area contributed by atoms with Crippen LogP contribution in [0.4, 0.5) is 16.0 Å². The van der Waals surface area contributed by atoms with E-state index in [1.54, 1.807) is 30.5 Å². The largest absolute Gasteiger partial charge is 0.465 e. The highest BCUT2D eigenvalue weighted by atomic mass is 19.1. The van der Waals surface area contributed by atoms with Gasteiger partial charge in [-0.05, 0) is 39.0 Å². The number of piperidine rings is 1. The summed E-state index contributed by atoms with van der Waals surface area (Å²) in [4.78, 5) is 22.7. The van der Waals surface area contributed by atoms with Crippen LogP contribution in [-0.2, 0) is 4.74 Å². The Morgan fingerprint density at radius 3 is 2.77 bits per heavy atom. The first kappa shape index (κ1) is 20.0. The van der Waals surface area contributed by atoms with Crippen molar-refractivity contribution in [3.05, 3.63) is 54.2 Å². The predicted octanol–water partition coefficient (Wildman–Crippen LogP) is 3.28. The first-order chi connectivity index (χ1) is 14.5. The Kier molecular flexibility index (Phi) is 5.71. The minimum Gasteiger partial charge on any atom is -0.465 e. The molecule has 4 rings (SSSR count). The molecule has 8 nitrogen and oxygen atoms in total. The van der Waals surface area contributed by atoms with E-state index in [9.17, 15) is 9.18 Å². The number of nitrogens with one attached hydrogen (secondary N) is 1. The van der Waals surface area contributed by atoms with Crippen LogP contribution in [0.3, 0.4) is 0 Å². The van der Waals surface area contributed by atoms with Crippen LogP contribution in [0.2, 0.25) is 0 Å². The second kappa shape index (κ2) is 8.58. The van der Waals surface area contributed by atoms with Crippen LogP contribution in [0.25, 0.3) is 11.3 Å². The van der Waals surface area contributed by atoms with Crippen molar-refractivity contribution in [2.45, 2.75) is 18.9 Å². The summed E-state index contributed by atoms with van der Waals surface area (Å²) >= 11 is 0. The molecule has 0 spiro atoms. The second-order valence-corrected chi connectivity index (χ2v) is 7.30. The number of likely N-dealkylation sites (tertiary alicyclic amines) is 1. The molecule has 1 aromatic carbocycles. The Morgan fingerprint density at radius 1 is 1.23 bits per heavy atom. The highest BCUT2D eigenvalue weighted by Crippen LogP contribution is 2.27. The third-order valence-electron chi connectivity index (χ3n) is 5.25. The van der Waals surface area contributed by atoms with Gasteiger partial charge in [0.05, 0.1) is 36.8 Å². The summed E-state index contributed by atoms with van der Waals surface area (Å²) in [5.41, 5.74) is 1.32. The van der Waals surface area contributed by atoms with Crippen molar-refractivity contribution < 1.29 is 13.9 Å². The monoisotopic (exact) mass is 410 g/mol. The molecule has 0 saturated carbocycles. The van der Waals surface area contributed by atoms with Gasteiger partial charge in [0.25, 0.3) is 0 Å². The van der Waals surface area contributed by atoms with Gasteiger partial charge in [0.2, 0.25) is 5.95 Å². The van der Waals surface area contributed by atoms with Crippen LogP contribution in [0.15, 0.2) is 42.9 Å². The van der Waals surface area contributed by atoms with Gasteiger partial charge in [0.1, 0.15) is 5.69 Å². The molecule has 156 valence electrons. The zero-order chi connectivity index (χ0) is 21.1. The normalized spacial score (nSPS) is 15.2. The first-order valence-electron chi connectivity index (χ1n) is 9.75. The van der Waals surface area contributed by atoms with Crippen LogP contribution in [0.5, 0.6) is 0 Å². The van der Waals surface area contributed by atoms with E-state index in [0.717, 1.165) is 32.1 Å². The van der Waals surface area contributed by atoms with Crippen molar-refractivity contribution in [1.82, 2.24) is 24.6 Å². The van der Waals surface area contributed by atoms with Crippen molar-refractivity contribution in [1.29, 1.82) is 0 Å². The summed E-state index contributed by atoms with van der Waals surface area (Å²) in [7, 11) is 3.40. The number of hydrogen-bond acceptors (Lipinski definition) is 7. The first-order valence-corrected chi connectivity index (χ1v) is 9.75. The summed E-state index contributed by atoms with van der Waals surface area (Å²) in [5.74, 6) is -0.967. The zero-order valence-corrected chi connectivity index (χ0v) is 16.9. The molecule has 1 aliphatic heterocycles. The molecule has 1 saturated heterocycles. The molecule has 1 N–H and O–H groups in total. The van der Waals surface area contributed by atoms with Gasteiger partial charge in [-0.1, -0.05) is 18.2 Å². The molecule has 3 aromatic rings. The smallest absolute Gasteiger partial charge is 0.338 e. The highest BCUT2D eigenvalue weighted by molar-refractivity contribution is 5.96. The van der Waals surface area contributed by atoms with E-state index >= 15 is 0 Å². The van der Waals surface area contributed by atoms with E-state index in [-0.39, 0.29) is 17.2 Å². The third-order valence-corrected chi connectivity index (χ3v) is 5.25. The quantitative estimate of drug-likeness (QED) is 0.646. The number of aromatic nitrogens is 4. The Morgan fingerprint density at radius 2 is 2.00 bits per heavy atom. The molecule has 0 amide bonds. The average molecular weight is 410 g/mol. The van der Waals surface area contributed by atoms with Crippen LogP contribution < -0.4 is 5.32 Å². The fourth-order valence-corrected chi connectivity index (χ4v) is 3.58. The standard InChI is InChI=1S/C21H23FN6O2/c1-27-9-7-15(8-10-27)28-13-14(11-24-28)25-21-23-12-18(22)19(26-21)16-5-3-4-6-17(16)20(29)30-2/h3-6,11-13,15H,7-10H2,1-2H3,(H,23,25,26). The molecule has 0 aliphatic carbocycles. The Labute approximate surface area is 173 Å². The molecule has 0 bridgehead atoms. The van der Waals surface area contributed by atoms with E-state index in [4.69, 9.17) is 4.74 Å². The summed E-state index contributed by atoms with van der Waals surface area (Å²) in [5, 5.41) is 7.53. The second-order valence-electron chi connectivity index (χ2n) is 7.30. The van der Waals surface area contributed by atoms with Crippen LogP contribution in [-0.4, -0.2) is 57.9 Å². The molecule has 9 heteroatoms. The predicted molar refractivity (Wildman–Crippen MR) is 110 cm³/mol. The minimum absolute atomic E-state index is 0.0243. The number of carbonyl (C=O) groups excluding carboxylic acids is 1. The molecule has 3 heterocycles. The van der Waals surface area contributed by atoms with Crippen LogP contribution >= 0.6 is 0 Å². The summed E-state index contributed by atoms with van der Waals surface area (Å²) < 4.78 is 21.2. The van der Waals surface area contributed by atoms with Gasteiger partial charge in [-0.3, -0.25) is 4.68 Å². The molecular formula is C21H23FN6O2. The Balaban J connectivity index is 1.57. The number of methoxy groups -OCH3 is 1. The van der Waals surface area contributed by atoms with E-state index in [0.29, 0.717) is 17.3 Å². The number of halogens is 1. The van der Waals surface area contributed by atoms with Crippen LogP contribution in [0.1, 0.15) is 29.2 Å². The molecule has 0 unspecified atom stereocenters. The number of rotatable bonds is 5. The lowest BCUT2D eigenvalue weighted by molar-refractivity contribution is 0.0601. The van der Waals surface area contributed by atoms with Gasteiger partial charge in [0, 0.05) is 11.8 Å². The van der Waals surface area contributed by atoms with E-state index in [2.05, 4.69) is 32.3 Å². The highest BCUT2D eigenvalue weighted by Gasteiger charge is 2.20. The maximum Gasteiger partial charge on any atom is 0.338 e. The molecule has 30 heavy (non-hydrogen) atoms. The molecule has 1 fully saturated rings. The average Bonchev–Trinajstić information content (AvgIpc) is 3.23. The van der Waals surface area contributed by atoms with Gasteiger partial charge in [-0.15, -0.1) is 0 Å². The van der Waals surface area contributed by atoms with Crippen LogP contribution in [0, 0.1) is 5.82 Å². The van der Waals surface area contributed by atoms with Gasteiger partial charge in [-0.2, -0.15) is 5.10 Å². The number of ether oxygens (including phenoxy) is 1. The van der Waals surface area contributed by atoms with Crippen molar-refractivity contribution in [2.24, 2.45) is 0 Å². The molecule has 0 atom stereocenters. The van der Waals surface area contributed by atoms with Crippen molar-refractivity contribution in [3.8, 4) is 11.3 Å². The summed E-state index contributed by atoms with van der Waals surface area (Å²) in [6, 6.07) is 6.95. The minimum atomic E-state index is -0.626. The van der Waals surface area contributed by atoms with Gasteiger partial charge in [0.15, 0.2) is 5.82 Å². The van der Waals surface area contributed by atoms with Crippen molar-refractivity contribution in [3.63, 3.8) is 0 Å². The SMILES string of the molecule is COC(=O)c1ccccc1-c1nc(Nc2cnn(C3CCN(C)CC3)c2)ncc1F. The van der Waals surface area contributed by atoms with E-state index < -0.39 is 11.8 Å². The number of hydrogen-bond donors (Lipinski definition) is 1. The van der Waals surface area contributed by atoms with E-state index in [1.165, 1.54) is 7.11 Å². The van der Waals surface area contributed by atoms with Gasteiger partial charge < -0.3 is 15.0 Å². The Hall–Kier alpha value is -3.33. The number of esters is 1. The number of nitrogens with zero attached hydrogens (tertiary/aromatic N) is 5. The zero-order valence-electron chi connectivity index (χ0n) is 16.9. The topological polar surface area (TPSA) is 85.2 Å². The van der Waals surface area contributed by atoms with Gasteiger partial charge >= 0.3 is 5.97 Å². The fourth-order valence-electron chi connectivity index (χ4n) is 3.58. The maximum absolute atomic E-state index is 14.5. The number of anilines is 2. The molecule has 0 radical (unpaired) electrons. The summed E-state index contributed by atoms with van der Waals surface area (Å²) in [6.45, 7) is 2.08. The lowest BCUT2D eigenvalue weighted by Gasteiger charge is -2.28. The molecule has 2 aromatic heterocycles. The Bertz CT molecular complexity index is 1050. The number of carbonyl (C=O) groups is 1. The van der Waals surface area contributed by atoms with E-state index in [1.807, 2.05) is 10.9 Å². The summed E-state index contributed by atoms with van der Waals surface area (Å²) in [6.07, 6.45) is 6.77. The lowest BCUT2D eigenvalue weighted by Crippen LogP contribution is -2.31. The lowest BCUT2D eigenvalue weighted by atomic mass is 10.0. The van der Waals surface area contributed by atoms with Crippen molar-refractivity contribution >= 4 is 17.6 Å². The number of benzene rings is 1. The third kappa shape index (κ3) is 4.16. The molecule has 1 aliphatic rings. The van der Waals surface area contributed by atoms with Crippen molar-refractivity contribution in [2.75, 3.05) is 32.6 Å². The molecular weight excluding hydrogens is 387 g/mol. The fraction of sp³-hybridized carbons (Fsp3) is 0.333. The van der Waals surface area contributed by atoms with Gasteiger partial charge in [-0.25, -0.2) is 19.2 Å².